The van der Waals surface area contributed by atoms with Crippen molar-refractivity contribution in [2.24, 2.45) is 0 Å². The van der Waals surface area contributed by atoms with Gasteiger partial charge in [-0.05, 0) is 34.4 Å². The summed E-state index contributed by atoms with van der Waals surface area (Å²) in [5.41, 5.74) is 4.85. The van der Waals surface area contributed by atoms with E-state index in [1.54, 1.807) is 7.11 Å². The van der Waals surface area contributed by atoms with Crippen molar-refractivity contribution in [3.8, 4) is 16.9 Å². The maximum absolute atomic E-state index is 5.18. The van der Waals surface area contributed by atoms with E-state index in [4.69, 9.17) is 4.74 Å². The van der Waals surface area contributed by atoms with Gasteiger partial charge in [-0.2, -0.15) is 0 Å². The van der Waals surface area contributed by atoms with Crippen LogP contribution in [0.2, 0.25) is 0 Å². The van der Waals surface area contributed by atoms with Gasteiger partial charge in [-0.3, -0.25) is 0 Å². The summed E-state index contributed by atoms with van der Waals surface area (Å²) in [6, 6.07) is 27.0. The zero-order valence-electron chi connectivity index (χ0n) is 12.6. The second-order valence-corrected chi connectivity index (χ2v) is 5.06. The molecule has 0 unspecified atom stereocenters. The first-order valence-electron chi connectivity index (χ1n) is 7.33. The highest BCUT2D eigenvalue weighted by Crippen LogP contribution is 2.25. The summed E-state index contributed by atoms with van der Waals surface area (Å²) < 4.78 is 5.18. The van der Waals surface area contributed by atoms with E-state index < -0.39 is 0 Å². The molecule has 0 fully saturated rings. The van der Waals surface area contributed by atoms with E-state index in [-0.39, 0.29) is 0 Å². The van der Waals surface area contributed by atoms with Crippen molar-refractivity contribution >= 4 is 12.2 Å². The monoisotopic (exact) mass is 286 g/mol. The van der Waals surface area contributed by atoms with Gasteiger partial charge in [-0.1, -0.05) is 78.9 Å². The maximum atomic E-state index is 5.18. The van der Waals surface area contributed by atoms with Crippen LogP contribution in [0.4, 0.5) is 0 Å². The fourth-order valence-corrected chi connectivity index (χ4v) is 2.42. The predicted octanol–water partition coefficient (Wildman–Crippen LogP) is 5.53. The zero-order valence-corrected chi connectivity index (χ0v) is 12.6. The highest BCUT2D eigenvalue weighted by atomic mass is 16.5. The third kappa shape index (κ3) is 3.26. The Balaban J connectivity index is 1.90. The van der Waals surface area contributed by atoms with Gasteiger partial charge in [0.05, 0.1) is 7.11 Å². The molecule has 1 heteroatoms. The van der Waals surface area contributed by atoms with Gasteiger partial charge in [-0.15, -0.1) is 0 Å². The first-order valence-corrected chi connectivity index (χ1v) is 7.33. The molecular weight excluding hydrogens is 268 g/mol. The van der Waals surface area contributed by atoms with Crippen molar-refractivity contribution in [2.75, 3.05) is 7.11 Å². The molecule has 0 aliphatic heterocycles. The van der Waals surface area contributed by atoms with Gasteiger partial charge in [0.15, 0.2) is 0 Å². The smallest absolute Gasteiger partial charge is 0.118 e. The zero-order chi connectivity index (χ0) is 15.2. The second kappa shape index (κ2) is 6.77. The summed E-state index contributed by atoms with van der Waals surface area (Å²) in [5.74, 6) is 0.877. The van der Waals surface area contributed by atoms with Gasteiger partial charge < -0.3 is 4.74 Å². The van der Waals surface area contributed by atoms with Crippen molar-refractivity contribution in [1.82, 2.24) is 0 Å². The Morgan fingerprint density at radius 2 is 1.36 bits per heavy atom. The number of methoxy groups -OCH3 is 1. The molecule has 0 saturated heterocycles. The van der Waals surface area contributed by atoms with Gasteiger partial charge in [0.25, 0.3) is 0 Å². The van der Waals surface area contributed by atoms with Gasteiger partial charge in [0, 0.05) is 0 Å². The van der Waals surface area contributed by atoms with Crippen LogP contribution in [0.25, 0.3) is 23.3 Å². The minimum Gasteiger partial charge on any atom is -0.497 e. The Morgan fingerprint density at radius 1 is 0.682 bits per heavy atom. The fourth-order valence-electron chi connectivity index (χ4n) is 2.42. The maximum Gasteiger partial charge on any atom is 0.118 e. The summed E-state index contributed by atoms with van der Waals surface area (Å²) in [5, 5.41) is 0. The Labute approximate surface area is 131 Å². The van der Waals surface area contributed by atoms with E-state index in [1.165, 1.54) is 16.7 Å². The molecular formula is C21H18O. The lowest BCUT2D eigenvalue weighted by Crippen LogP contribution is -1.83. The predicted molar refractivity (Wildman–Crippen MR) is 93.8 cm³/mol. The molecule has 3 aromatic rings. The van der Waals surface area contributed by atoms with E-state index in [9.17, 15) is 0 Å². The summed E-state index contributed by atoms with van der Waals surface area (Å²) in [6.07, 6.45) is 4.28. The molecule has 0 spiro atoms. The molecule has 0 aliphatic rings. The van der Waals surface area contributed by atoms with Crippen LogP contribution in [-0.4, -0.2) is 7.11 Å². The molecule has 0 amide bonds. The Bertz CT molecular complexity index is 755. The first-order chi connectivity index (χ1) is 10.9. The molecule has 0 bridgehead atoms. The molecule has 0 radical (unpaired) electrons. The van der Waals surface area contributed by atoms with E-state index >= 15 is 0 Å². The minimum absolute atomic E-state index is 0.877. The molecule has 3 rings (SSSR count). The number of ether oxygens (including phenoxy) is 1. The topological polar surface area (TPSA) is 9.23 Å². The van der Waals surface area contributed by atoms with Gasteiger partial charge in [0.1, 0.15) is 5.75 Å². The van der Waals surface area contributed by atoms with Crippen molar-refractivity contribution in [2.45, 2.75) is 0 Å². The molecule has 0 aromatic heterocycles. The normalized spacial score (nSPS) is 10.8. The molecule has 0 heterocycles. The van der Waals surface area contributed by atoms with Crippen LogP contribution < -0.4 is 4.74 Å². The number of benzene rings is 3. The third-order valence-corrected chi connectivity index (χ3v) is 3.62. The van der Waals surface area contributed by atoms with Crippen LogP contribution in [0, 0.1) is 0 Å². The quantitative estimate of drug-likeness (QED) is 0.573. The number of hydrogen-bond donors (Lipinski definition) is 0. The summed E-state index contributed by atoms with van der Waals surface area (Å²) in [6.45, 7) is 0. The van der Waals surface area contributed by atoms with Crippen LogP contribution in [0.1, 0.15) is 11.1 Å². The highest BCUT2D eigenvalue weighted by molar-refractivity contribution is 5.80. The van der Waals surface area contributed by atoms with E-state index in [0.29, 0.717) is 0 Å². The van der Waals surface area contributed by atoms with E-state index in [1.807, 2.05) is 18.2 Å². The Kier molecular flexibility index (Phi) is 4.35. The van der Waals surface area contributed by atoms with Crippen LogP contribution in [-0.2, 0) is 0 Å². The van der Waals surface area contributed by atoms with Crippen LogP contribution in [0.5, 0.6) is 5.75 Å². The summed E-state index contributed by atoms with van der Waals surface area (Å²) in [4.78, 5) is 0. The fraction of sp³-hybridized carbons (Fsp3) is 0.0476. The SMILES string of the molecule is COc1ccc(C=Cc2ccccc2-c2ccccc2)cc1. The molecule has 22 heavy (non-hydrogen) atoms. The van der Waals surface area contributed by atoms with Crippen LogP contribution in [0.15, 0.2) is 78.9 Å². The first kappa shape index (κ1) is 14.2. The molecule has 0 atom stereocenters. The molecule has 0 aliphatic carbocycles. The molecule has 3 aromatic carbocycles. The van der Waals surface area contributed by atoms with E-state index in [2.05, 4.69) is 72.8 Å². The van der Waals surface area contributed by atoms with Crippen molar-refractivity contribution in [1.29, 1.82) is 0 Å². The minimum atomic E-state index is 0.877. The van der Waals surface area contributed by atoms with Crippen LogP contribution >= 0.6 is 0 Å². The van der Waals surface area contributed by atoms with Crippen molar-refractivity contribution < 1.29 is 4.74 Å². The van der Waals surface area contributed by atoms with E-state index in [0.717, 1.165) is 11.3 Å². The molecule has 0 saturated carbocycles. The van der Waals surface area contributed by atoms with Gasteiger partial charge >= 0.3 is 0 Å². The second-order valence-electron chi connectivity index (χ2n) is 5.06. The molecule has 0 N–H and O–H groups in total. The molecule has 1 nitrogen and oxygen atoms in total. The molecule has 108 valence electrons. The Morgan fingerprint density at radius 3 is 2.09 bits per heavy atom. The highest BCUT2D eigenvalue weighted by Gasteiger charge is 2.01. The van der Waals surface area contributed by atoms with Crippen LogP contribution in [0.3, 0.4) is 0 Å². The lowest BCUT2D eigenvalue weighted by molar-refractivity contribution is 0.415. The summed E-state index contributed by atoms with van der Waals surface area (Å²) >= 11 is 0. The average molecular weight is 286 g/mol. The largest absolute Gasteiger partial charge is 0.497 e. The number of rotatable bonds is 4. The number of hydrogen-bond acceptors (Lipinski definition) is 1. The third-order valence-electron chi connectivity index (χ3n) is 3.62. The average Bonchev–Trinajstić information content (AvgIpc) is 2.61. The van der Waals surface area contributed by atoms with Crippen molar-refractivity contribution in [3.05, 3.63) is 90.0 Å². The van der Waals surface area contributed by atoms with Gasteiger partial charge in [0.2, 0.25) is 0 Å². The standard InChI is InChI=1S/C21H18O/c1-22-20-15-12-17(13-16-20)11-14-19-9-5-6-10-21(19)18-7-3-2-4-8-18/h2-16H,1H3. The van der Waals surface area contributed by atoms with Gasteiger partial charge in [-0.25, -0.2) is 0 Å². The Hall–Kier alpha value is -2.80. The van der Waals surface area contributed by atoms with Crippen molar-refractivity contribution in [3.63, 3.8) is 0 Å². The lowest BCUT2D eigenvalue weighted by Gasteiger charge is -2.06. The summed E-state index contributed by atoms with van der Waals surface area (Å²) in [7, 11) is 1.68. The lowest BCUT2D eigenvalue weighted by atomic mass is 9.99.